The van der Waals surface area contributed by atoms with Gasteiger partial charge in [-0.05, 0) is 34.1 Å². The zero-order chi connectivity index (χ0) is 15.2. The van der Waals surface area contributed by atoms with E-state index in [1.54, 1.807) is 12.1 Å². The van der Waals surface area contributed by atoms with Crippen molar-refractivity contribution in [2.45, 2.75) is 6.42 Å². The Labute approximate surface area is 135 Å². The maximum absolute atomic E-state index is 13.3. The highest BCUT2D eigenvalue weighted by Gasteiger charge is 2.07. The fourth-order valence-corrected chi connectivity index (χ4v) is 2.40. The van der Waals surface area contributed by atoms with Gasteiger partial charge in [0, 0.05) is 12.5 Å². The van der Waals surface area contributed by atoms with Gasteiger partial charge in [-0.2, -0.15) is 0 Å². The molecule has 0 radical (unpaired) electrons. The Balaban J connectivity index is 1.78. The molecule has 0 aliphatic heterocycles. The number of nitrogens with two attached hydrogens (primary N) is 1. The van der Waals surface area contributed by atoms with Gasteiger partial charge in [0.1, 0.15) is 17.3 Å². The second-order valence-electron chi connectivity index (χ2n) is 4.29. The zero-order valence-electron chi connectivity index (χ0n) is 11.1. The van der Waals surface area contributed by atoms with Crippen LogP contribution in [0.1, 0.15) is 6.42 Å². The molecular weight excluding hydrogens is 361 g/mol. The van der Waals surface area contributed by atoms with E-state index in [1.807, 2.05) is 12.1 Å². The molecule has 112 valence electrons. The minimum absolute atomic E-state index is 0.0529. The zero-order valence-corrected chi connectivity index (χ0v) is 13.5. The minimum Gasteiger partial charge on any atom is -0.492 e. The summed E-state index contributed by atoms with van der Waals surface area (Å²) in [6.45, 7) is 0.855. The Morgan fingerprint density at radius 1 is 1.10 bits per heavy atom. The smallest absolute Gasteiger partial charge is 0.145 e. The van der Waals surface area contributed by atoms with Gasteiger partial charge in [-0.15, -0.1) is 0 Å². The van der Waals surface area contributed by atoms with E-state index < -0.39 is 5.82 Å². The first-order valence-corrected chi connectivity index (χ1v) is 7.49. The van der Waals surface area contributed by atoms with Crippen molar-refractivity contribution in [3.63, 3.8) is 0 Å². The third-order valence-corrected chi connectivity index (χ3v) is 3.61. The van der Waals surface area contributed by atoms with Crippen LogP contribution < -0.4 is 15.2 Å². The number of anilines is 1. The second-order valence-corrected chi connectivity index (χ2v) is 5.55. The Morgan fingerprint density at radius 2 is 1.76 bits per heavy atom. The van der Waals surface area contributed by atoms with Crippen LogP contribution in [0.4, 0.5) is 10.1 Å². The number of halogens is 3. The lowest BCUT2D eigenvalue weighted by Gasteiger charge is -2.11. The topological polar surface area (TPSA) is 44.5 Å². The number of hydrogen-bond donors (Lipinski definition) is 1. The molecule has 0 heterocycles. The molecule has 2 aromatic rings. The summed E-state index contributed by atoms with van der Waals surface area (Å²) in [7, 11) is 0. The highest BCUT2D eigenvalue weighted by molar-refractivity contribution is 9.10. The molecule has 0 spiro atoms. The molecule has 0 aromatic heterocycles. The van der Waals surface area contributed by atoms with Crippen LogP contribution in [0.25, 0.3) is 0 Å². The lowest BCUT2D eigenvalue weighted by atomic mass is 10.3. The molecule has 0 bridgehead atoms. The molecule has 3 nitrogen and oxygen atoms in total. The van der Waals surface area contributed by atoms with Crippen LogP contribution in [0.2, 0.25) is 5.02 Å². The largest absolute Gasteiger partial charge is 0.492 e. The number of nitrogen functional groups attached to an aromatic ring is 1. The second kappa shape index (κ2) is 7.52. The average molecular weight is 375 g/mol. The molecule has 0 saturated heterocycles. The number of para-hydroxylation sites is 2. The Morgan fingerprint density at radius 3 is 2.48 bits per heavy atom. The molecule has 0 atom stereocenters. The van der Waals surface area contributed by atoms with Crippen LogP contribution in [-0.2, 0) is 0 Å². The molecular formula is C15H14BrClFNO2. The normalized spacial score (nSPS) is 10.4. The van der Waals surface area contributed by atoms with Crippen molar-refractivity contribution in [1.82, 2.24) is 0 Å². The predicted molar refractivity (Wildman–Crippen MR) is 85.6 cm³/mol. The van der Waals surface area contributed by atoms with Crippen molar-refractivity contribution in [3.05, 3.63) is 51.7 Å². The lowest BCUT2D eigenvalue weighted by molar-refractivity contribution is 0.247. The molecule has 0 amide bonds. The first-order chi connectivity index (χ1) is 10.1. The van der Waals surface area contributed by atoms with Gasteiger partial charge >= 0.3 is 0 Å². The third kappa shape index (κ3) is 4.51. The van der Waals surface area contributed by atoms with E-state index in [0.717, 1.165) is 0 Å². The van der Waals surface area contributed by atoms with E-state index in [0.29, 0.717) is 41.3 Å². The molecule has 0 saturated carbocycles. The molecule has 0 aliphatic rings. The van der Waals surface area contributed by atoms with Gasteiger partial charge in [0.25, 0.3) is 0 Å². The van der Waals surface area contributed by atoms with E-state index in [2.05, 4.69) is 15.9 Å². The fraction of sp³-hybridized carbons (Fsp3) is 0.200. The summed E-state index contributed by atoms with van der Waals surface area (Å²) in [5.41, 5.74) is 6.36. The molecule has 0 fully saturated rings. The van der Waals surface area contributed by atoms with Crippen molar-refractivity contribution in [2.24, 2.45) is 0 Å². The average Bonchev–Trinajstić information content (AvgIpc) is 2.45. The Hall–Kier alpha value is -1.46. The maximum Gasteiger partial charge on any atom is 0.145 e. The summed E-state index contributed by atoms with van der Waals surface area (Å²) in [6.07, 6.45) is 0.644. The molecule has 0 unspecified atom stereocenters. The maximum atomic E-state index is 13.3. The molecule has 21 heavy (non-hydrogen) atoms. The SMILES string of the molecule is Nc1ccccc1OCCCOc1cc(F)c(Cl)cc1Br. The first-order valence-electron chi connectivity index (χ1n) is 6.32. The van der Waals surface area contributed by atoms with Gasteiger partial charge < -0.3 is 15.2 Å². The molecule has 2 N–H and O–H groups in total. The van der Waals surface area contributed by atoms with Crippen LogP contribution in [0.5, 0.6) is 11.5 Å². The molecule has 2 aromatic carbocycles. The van der Waals surface area contributed by atoms with E-state index in [9.17, 15) is 4.39 Å². The Kier molecular flexibility index (Phi) is 5.70. The summed E-state index contributed by atoms with van der Waals surface area (Å²) < 4.78 is 25.0. The van der Waals surface area contributed by atoms with Crippen LogP contribution >= 0.6 is 27.5 Å². The number of ether oxygens (including phenoxy) is 2. The van der Waals surface area contributed by atoms with Gasteiger partial charge in [0.2, 0.25) is 0 Å². The summed E-state index contributed by atoms with van der Waals surface area (Å²) in [6, 6.07) is 10.0. The summed E-state index contributed by atoms with van der Waals surface area (Å²) in [5.74, 6) is 0.551. The van der Waals surface area contributed by atoms with Gasteiger partial charge in [-0.3, -0.25) is 0 Å². The van der Waals surface area contributed by atoms with Crippen LogP contribution in [0, 0.1) is 5.82 Å². The minimum atomic E-state index is -0.511. The summed E-state index contributed by atoms with van der Waals surface area (Å²) in [4.78, 5) is 0. The predicted octanol–water partition coefficient (Wildman–Crippen LogP) is 4.67. The monoisotopic (exact) mass is 373 g/mol. The highest BCUT2D eigenvalue weighted by Crippen LogP contribution is 2.30. The first kappa shape index (κ1) is 15.9. The summed E-state index contributed by atoms with van der Waals surface area (Å²) >= 11 is 8.93. The van der Waals surface area contributed by atoms with E-state index in [1.165, 1.54) is 12.1 Å². The van der Waals surface area contributed by atoms with Crippen molar-refractivity contribution in [1.29, 1.82) is 0 Å². The number of rotatable bonds is 6. The Bertz CT molecular complexity index is 625. The number of hydrogen-bond acceptors (Lipinski definition) is 3. The molecule has 0 aliphatic carbocycles. The fourth-order valence-electron chi connectivity index (χ4n) is 1.65. The van der Waals surface area contributed by atoms with Gasteiger partial charge in [0.05, 0.1) is 28.4 Å². The third-order valence-electron chi connectivity index (χ3n) is 2.70. The van der Waals surface area contributed by atoms with Crippen LogP contribution in [-0.4, -0.2) is 13.2 Å². The van der Waals surface area contributed by atoms with Crippen LogP contribution in [0.3, 0.4) is 0 Å². The number of benzene rings is 2. The van der Waals surface area contributed by atoms with Crippen molar-refractivity contribution in [2.75, 3.05) is 18.9 Å². The molecule has 2 rings (SSSR count). The van der Waals surface area contributed by atoms with Crippen molar-refractivity contribution in [3.8, 4) is 11.5 Å². The molecule has 6 heteroatoms. The van der Waals surface area contributed by atoms with Gasteiger partial charge in [0.15, 0.2) is 0 Å². The van der Waals surface area contributed by atoms with Gasteiger partial charge in [-0.25, -0.2) is 4.39 Å². The van der Waals surface area contributed by atoms with E-state index >= 15 is 0 Å². The van der Waals surface area contributed by atoms with E-state index in [-0.39, 0.29) is 5.02 Å². The standard InChI is InChI=1S/C15H14BrClFNO2/c16-10-8-11(17)12(18)9-15(10)21-7-3-6-20-14-5-2-1-4-13(14)19/h1-2,4-5,8-9H,3,6-7,19H2. The van der Waals surface area contributed by atoms with Crippen molar-refractivity contribution >= 4 is 33.2 Å². The van der Waals surface area contributed by atoms with Crippen molar-refractivity contribution < 1.29 is 13.9 Å². The lowest BCUT2D eigenvalue weighted by Crippen LogP contribution is -2.06. The van der Waals surface area contributed by atoms with Gasteiger partial charge in [-0.1, -0.05) is 23.7 Å². The summed E-state index contributed by atoms with van der Waals surface area (Å²) in [5, 5.41) is 0.0529. The van der Waals surface area contributed by atoms with E-state index in [4.69, 9.17) is 26.8 Å². The van der Waals surface area contributed by atoms with Crippen LogP contribution in [0.15, 0.2) is 40.9 Å². The highest BCUT2D eigenvalue weighted by atomic mass is 79.9. The quantitative estimate of drug-likeness (QED) is 0.454.